The Morgan fingerprint density at radius 1 is 1.35 bits per heavy atom. The zero-order chi connectivity index (χ0) is 12.1. The SMILES string of the molecule is CCCCOc1ccc(NC(=O)C2CC2)cc1. The molecule has 0 bridgehead atoms. The maximum atomic E-state index is 11.5. The van der Waals surface area contributed by atoms with Gasteiger partial charge in [0.1, 0.15) is 5.75 Å². The van der Waals surface area contributed by atoms with Crippen LogP contribution in [0, 0.1) is 5.92 Å². The number of hydrogen-bond donors (Lipinski definition) is 1. The van der Waals surface area contributed by atoms with E-state index in [0.29, 0.717) is 0 Å². The van der Waals surface area contributed by atoms with Crippen molar-refractivity contribution in [2.75, 3.05) is 11.9 Å². The number of hydrogen-bond acceptors (Lipinski definition) is 2. The van der Waals surface area contributed by atoms with Gasteiger partial charge in [-0.25, -0.2) is 0 Å². The molecule has 1 saturated carbocycles. The van der Waals surface area contributed by atoms with E-state index >= 15 is 0 Å². The third-order valence-corrected chi connectivity index (χ3v) is 2.84. The summed E-state index contributed by atoms with van der Waals surface area (Å²) in [4.78, 5) is 11.5. The van der Waals surface area contributed by atoms with Gasteiger partial charge in [-0.3, -0.25) is 4.79 Å². The van der Waals surface area contributed by atoms with Crippen molar-refractivity contribution in [3.8, 4) is 5.75 Å². The van der Waals surface area contributed by atoms with Gasteiger partial charge in [0.15, 0.2) is 0 Å². The monoisotopic (exact) mass is 233 g/mol. The molecule has 3 nitrogen and oxygen atoms in total. The number of benzene rings is 1. The van der Waals surface area contributed by atoms with Crippen molar-refractivity contribution in [2.24, 2.45) is 5.92 Å². The molecule has 1 aliphatic rings. The van der Waals surface area contributed by atoms with Crippen molar-refractivity contribution in [3.05, 3.63) is 24.3 Å². The Bertz CT molecular complexity index is 368. The molecule has 0 unspecified atom stereocenters. The fourth-order valence-corrected chi connectivity index (χ4v) is 1.56. The molecule has 0 spiro atoms. The van der Waals surface area contributed by atoms with Gasteiger partial charge in [0.25, 0.3) is 0 Å². The fourth-order valence-electron chi connectivity index (χ4n) is 1.56. The molecule has 0 heterocycles. The lowest BCUT2D eigenvalue weighted by Crippen LogP contribution is -2.13. The molecule has 17 heavy (non-hydrogen) atoms. The molecule has 0 aliphatic heterocycles. The molecule has 1 aromatic carbocycles. The molecule has 0 saturated heterocycles. The normalized spacial score (nSPS) is 14.4. The van der Waals surface area contributed by atoms with Crippen molar-refractivity contribution in [1.29, 1.82) is 0 Å². The number of ether oxygens (including phenoxy) is 1. The molecule has 1 N–H and O–H groups in total. The lowest BCUT2D eigenvalue weighted by molar-refractivity contribution is -0.117. The van der Waals surface area contributed by atoms with Gasteiger partial charge in [0, 0.05) is 11.6 Å². The second kappa shape index (κ2) is 5.71. The molecule has 1 amide bonds. The first-order chi connectivity index (χ1) is 8.29. The number of carbonyl (C=O) groups excluding carboxylic acids is 1. The Balaban J connectivity index is 1.82. The molecule has 1 fully saturated rings. The summed E-state index contributed by atoms with van der Waals surface area (Å²) < 4.78 is 5.55. The molecule has 1 aliphatic carbocycles. The molecule has 3 heteroatoms. The van der Waals surface area contributed by atoms with Crippen LogP contribution in [0.15, 0.2) is 24.3 Å². The average molecular weight is 233 g/mol. The molecule has 0 radical (unpaired) electrons. The largest absolute Gasteiger partial charge is 0.494 e. The van der Waals surface area contributed by atoms with Gasteiger partial charge in [0.05, 0.1) is 6.61 Å². The van der Waals surface area contributed by atoms with Gasteiger partial charge in [-0.15, -0.1) is 0 Å². The summed E-state index contributed by atoms with van der Waals surface area (Å²) in [7, 11) is 0. The van der Waals surface area contributed by atoms with Gasteiger partial charge in [-0.2, -0.15) is 0 Å². The van der Waals surface area contributed by atoms with E-state index < -0.39 is 0 Å². The van der Waals surface area contributed by atoms with Crippen LogP contribution in [0.3, 0.4) is 0 Å². The van der Waals surface area contributed by atoms with Gasteiger partial charge < -0.3 is 10.1 Å². The van der Waals surface area contributed by atoms with Crippen molar-refractivity contribution < 1.29 is 9.53 Å². The second-order valence-electron chi connectivity index (χ2n) is 4.49. The maximum absolute atomic E-state index is 11.5. The summed E-state index contributed by atoms with van der Waals surface area (Å²) in [6, 6.07) is 7.58. The van der Waals surface area contributed by atoms with Crippen LogP contribution in [-0.2, 0) is 4.79 Å². The van der Waals surface area contributed by atoms with Gasteiger partial charge in [-0.1, -0.05) is 13.3 Å². The van der Waals surface area contributed by atoms with E-state index in [0.717, 1.165) is 43.7 Å². The molecule has 92 valence electrons. The molecule has 0 atom stereocenters. The summed E-state index contributed by atoms with van der Waals surface area (Å²) >= 11 is 0. The zero-order valence-corrected chi connectivity index (χ0v) is 10.2. The highest BCUT2D eigenvalue weighted by Crippen LogP contribution is 2.30. The number of nitrogens with one attached hydrogen (secondary N) is 1. The standard InChI is InChI=1S/C14H19NO2/c1-2-3-10-17-13-8-6-12(7-9-13)15-14(16)11-4-5-11/h6-9,11H,2-5,10H2,1H3,(H,15,16). The van der Waals surface area contributed by atoms with E-state index in [9.17, 15) is 4.79 Å². The maximum Gasteiger partial charge on any atom is 0.227 e. The molecular formula is C14H19NO2. The topological polar surface area (TPSA) is 38.3 Å². The first-order valence-electron chi connectivity index (χ1n) is 6.33. The summed E-state index contributed by atoms with van der Waals surface area (Å²) in [5, 5.41) is 2.90. The van der Waals surface area contributed by atoms with Crippen molar-refractivity contribution in [3.63, 3.8) is 0 Å². The minimum Gasteiger partial charge on any atom is -0.494 e. The van der Waals surface area contributed by atoms with Crippen LogP contribution in [0.2, 0.25) is 0 Å². The predicted octanol–water partition coefficient (Wildman–Crippen LogP) is 3.21. The Kier molecular flexibility index (Phi) is 4.02. The van der Waals surface area contributed by atoms with Crippen LogP contribution in [0.5, 0.6) is 5.75 Å². The minimum absolute atomic E-state index is 0.143. The third kappa shape index (κ3) is 3.77. The lowest BCUT2D eigenvalue weighted by atomic mass is 10.3. The summed E-state index contributed by atoms with van der Waals surface area (Å²) in [6.07, 6.45) is 4.27. The fraction of sp³-hybridized carbons (Fsp3) is 0.500. The van der Waals surface area contributed by atoms with E-state index in [4.69, 9.17) is 4.74 Å². The van der Waals surface area contributed by atoms with Crippen LogP contribution in [0.25, 0.3) is 0 Å². The van der Waals surface area contributed by atoms with Crippen molar-refractivity contribution in [1.82, 2.24) is 0 Å². The highest BCUT2D eigenvalue weighted by molar-refractivity contribution is 5.94. The van der Waals surface area contributed by atoms with Gasteiger partial charge in [0.2, 0.25) is 5.91 Å². The quantitative estimate of drug-likeness (QED) is 0.766. The molecule has 1 aromatic rings. The smallest absolute Gasteiger partial charge is 0.227 e. The van der Waals surface area contributed by atoms with E-state index in [-0.39, 0.29) is 11.8 Å². The highest BCUT2D eigenvalue weighted by atomic mass is 16.5. The Morgan fingerprint density at radius 3 is 2.65 bits per heavy atom. The Morgan fingerprint density at radius 2 is 2.06 bits per heavy atom. The number of unbranched alkanes of at least 4 members (excludes halogenated alkanes) is 1. The minimum atomic E-state index is 0.143. The number of amides is 1. The lowest BCUT2D eigenvalue weighted by Gasteiger charge is -2.07. The summed E-state index contributed by atoms with van der Waals surface area (Å²) in [5.41, 5.74) is 0.852. The molecular weight excluding hydrogens is 214 g/mol. The van der Waals surface area contributed by atoms with Crippen LogP contribution in [-0.4, -0.2) is 12.5 Å². The molecule has 0 aromatic heterocycles. The Hall–Kier alpha value is -1.51. The Labute approximate surface area is 102 Å². The second-order valence-corrected chi connectivity index (χ2v) is 4.49. The van der Waals surface area contributed by atoms with Crippen LogP contribution >= 0.6 is 0 Å². The van der Waals surface area contributed by atoms with E-state index in [1.807, 2.05) is 24.3 Å². The van der Waals surface area contributed by atoms with Gasteiger partial charge >= 0.3 is 0 Å². The van der Waals surface area contributed by atoms with Crippen LogP contribution in [0.1, 0.15) is 32.6 Å². The molecule has 2 rings (SSSR count). The van der Waals surface area contributed by atoms with E-state index in [2.05, 4.69) is 12.2 Å². The van der Waals surface area contributed by atoms with Crippen molar-refractivity contribution in [2.45, 2.75) is 32.6 Å². The van der Waals surface area contributed by atoms with Crippen LogP contribution in [0.4, 0.5) is 5.69 Å². The number of anilines is 1. The summed E-state index contributed by atoms with van der Waals surface area (Å²) in [6.45, 7) is 2.89. The van der Waals surface area contributed by atoms with Gasteiger partial charge in [-0.05, 0) is 43.5 Å². The van der Waals surface area contributed by atoms with Crippen LogP contribution < -0.4 is 10.1 Å². The average Bonchev–Trinajstić information content (AvgIpc) is 3.16. The van der Waals surface area contributed by atoms with Crippen molar-refractivity contribution >= 4 is 11.6 Å². The number of rotatable bonds is 6. The number of carbonyl (C=O) groups is 1. The van der Waals surface area contributed by atoms with E-state index in [1.165, 1.54) is 0 Å². The zero-order valence-electron chi connectivity index (χ0n) is 10.2. The first-order valence-corrected chi connectivity index (χ1v) is 6.33. The summed E-state index contributed by atoms with van der Waals surface area (Å²) in [5.74, 6) is 1.25. The third-order valence-electron chi connectivity index (χ3n) is 2.84. The van der Waals surface area contributed by atoms with E-state index in [1.54, 1.807) is 0 Å². The predicted molar refractivity (Wildman–Crippen MR) is 68.2 cm³/mol. The highest BCUT2D eigenvalue weighted by Gasteiger charge is 2.29. The first kappa shape index (κ1) is 12.0.